The average Bonchev–Trinajstić information content (AvgIpc) is 2.60. The maximum atomic E-state index is 12.2. The number of hydrogen-bond acceptors (Lipinski definition) is 4. The SMILES string of the molecule is COc1ccc(OC)c(CC(=O)Nc2ccc(OCC(F)(F)F)cc2)c1. The molecule has 0 spiro atoms. The van der Waals surface area contributed by atoms with Crippen LogP contribution in [-0.2, 0) is 11.2 Å². The number of carbonyl (C=O) groups is 1. The normalized spacial score (nSPS) is 11.0. The van der Waals surface area contributed by atoms with Crippen molar-refractivity contribution >= 4 is 11.6 Å². The molecule has 0 saturated heterocycles. The van der Waals surface area contributed by atoms with Gasteiger partial charge >= 0.3 is 6.18 Å². The van der Waals surface area contributed by atoms with Gasteiger partial charge in [-0.2, -0.15) is 13.2 Å². The summed E-state index contributed by atoms with van der Waals surface area (Å²) in [5.74, 6) is 0.909. The van der Waals surface area contributed by atoms with Crippen LogP contribution in [0, 0.1) is 0 Å². The van der Waals surface area contributed by atoms with Gasteiger partial charge in [-0.25, -0.2) is 0 Å². The van der Waals surface area contributed by atoms with Crippen LogP contribution in [0.15, 0.2) is 42.5 Å². The van der Waals surface area contributed by atoms with Crippen molar-refractivity contribution in [2.45, 2.75) is 12.6 Å². The Bertz CT molecular complexity index is 745. The Labute approximate surface area is 148 Å². The summed E-state index contributed by atoms with van der Waals surface area (Å²) in [5, 5.41) is 2.67. The molecule has 0 bridgehead atoms. The molecule has 0 aliphatic heterocycles. The summed E-state index contributed by atoms with van der Waals surface area (Å²) in [4.78, 5) is 12.2. The van der Waals surface area contributed by atoms with E-state index in [9.17, 15) is 18.0 Å². The maximum Gasteiger partial charge on any atom is 0.422 e. The van der Waals surface area contributed by atoms with Crippen molar-refractivity contribution in [2.75, 3.05) is 26.1 Å². The minimum atomic E-state index is -4.40. The van der Waals surface area contributed by atoms with Crippen LogP contribution in [0.2, 0.25) is 0 Å². The van der Waals surface area contributed by atoms with Gasteiger partial charge in [0.1, 0.15) is 17.2 Å². The van der Waals surface area contributed by atoms with Gasteiger partial charge in [0, 0.05) is 11.3 Å². The van der Waals surface area contributed by atoms with Gasteiger partial charge < -0.3 is 19.5 Å². The first-order valence-electron chi connectivity index (χ1n) is 7.61. The van der Waals surface area contributed by atoms with Crippen LogP contribution in [0.3, 0.4) is 0 Å². The van der Waals surface area contributed by atoms with Gasteiger partial charge in [0.25, 0.3) is 0 Å². The van der Waals surface area contributed by atoms with E-state index in [2.05, 4.69) is 10.1 Å². The molecule has 2 aromatic rings. The van der Waals surface area contributed by atoms with Gasteiger partial charge in [-0.1, -0.05) is 0 Å². The Hall–Kier alpha value is -2.90. The van der Waals surface area contributed by atoms with Crippen LogP contribution >= 0.6 is 0 Å². The van der Waals surface area contributed by atoms with E-state index in [1.807, 2.05) is 0 Å². The van der Waals surface area contributed by atoms with Crippen molar-refractivity contribution in [1.82, 2.24) is 0 Å². The highest BCUT2D eigenvalue weighted by molar-refractivity contribution is 5.92. The molecule has 0 atom stereocenters. The van der Waals surface area contributed by atoms with Crippen molar-refractivity contribution in [3.8, 4) is 17.2 Å². The molecule has 5 nitrogen and oxygen atoms in total. The molecular formula is C18H18F3NO4. The lowest BCUT2D eigenvalue weighted by Gasteiger charge is -2.12. The summed E-state index contributed by atoms with van der Waals surface area (Å²) < 4.78 is 51.3. The van der Waals surface area contributed by atoms with E-state index in [4.69, 9.17) is 9.47 Å². The standard InChI is InChI=1S/C18H18F3NO4/c1-24-15-7-8-16(25-2)12(9-15)10-17(23)22-13-3-5-14(6-4-13)26-11-18(19,20)21/h3-9H,10-11H2,1-2H3,(H,22,23). The third-order valence-corrected chi connectivity index (χ3v) is 3.38. The fraction of sp³-hybridized carbons (Fsp3) is 0.278. The van der Waals surface area contributed by atoms with Crippen LogP contribution in [0.4, 0.5) is 18.9 Å². The number of nitrogens with one attached hydrogen (secondary N) is 1. The second-order valence-electron chi connectivity index (χ2n) is 5.33. The van der Waals surface area contributed by atoms with Crippen molar-refractivity contribution in [3.05, 3.63) is 48.0 Å². The number of benzene rings is 2. The molecule has 0 unspecified atom stereocenters. The first kappa shape index (κ1) is 19.4. The summed E-state index contributed by atoms with van der Waals surface area (Å²) in [6.45, 7) is -1.37. The Morgan fingerprint density at radius 1 is 1.00 bits per heavy atom. The van der Waals surface area contributed by atoms with Crippen LogP contribution in [0.25, 0.3) is 0 Å². The van der Waals surface area contributed by atoms with Gasteiger partial charge in [-0.3, -0.25) is 4.79 Å². The van der Waals surface area contributed by atoms with Gasteiger partial charge in [0.2, 0.25) is 5.91 Å². The molecule has 0 fully saturated rings. The Kier molecular flexibility index (Phi) is 6.32. The van der Waals surface area contributed by atoms with Crippen molar-refractivity contribution in [3.63, 3.8) is 0 Å². The second-order valence-corrected chi connectivity index (χ2v) is 5.33. The average molecular weight is 369 g/mol. The molecule has 0 saturated carbocycles. The Morgan fingerprint density at radius 3 is 2.23 bits per heavy atom. The number of halogens is 3. The van der Waals surface area contributed by atoms with Crippen LogP contribution in [-0.4, -0.2) is 32.9 Å². The zero-order valence-electron chi connectivity index (χ0n) is 14.2. The maximum absolute atomic E-state index is 12.2. The van der Waals surface area contributed by atoms with E-state index >= 15 is 0 Å². The van der Waals surface area contributed by atoms with Crippen molar-refractivity contribution < 1.29 is 32.2 Å². The van der Waals surface area contributed by atoms with Gasteiger partial charge in [-0.15, -0.1) is 0 Å². The van der Waals surface area contributed by atoms with Gasteiger partial charge in [0.05, 0.1) is 20.6 Å². The van der Waals surface area contributed by atoms with Gasteiger partial charge in [0.15, 0.2) is 6.61 Å². The minimum absolute atomic E-state index is 0.0483. The van der Waals surface area contributed by atoms with E-state index < -0.39 is 12.8 Å². The summed E-state index contributed by atoms with van der Waals surface area (Å²) in [5.41, 5.74) is 1.09. The molecule has 2 aromatic carbocycles. The monoisotopic (exact) mass is 369 g/mol. The highest BCUT2D eigenvalue weighted by Crippen LogP contribution is 2.25. The number of rotatable bonds is 7. The number of carbonyl (C=O) groups excluding carboxylic acids is 1. The lowest BCUT2D eigenvalue weighted by molar-refractivity contribution is -0.153. The third-order valence-electron chi connectivity index (χ3n) is 3.38. The Balaban J connectivity index is 1.97. The molecule has 0 aromatic heterocycles. The summed E-state index contributed by atoms with van der Waals surface area (Å²) >= 11 is 0. The number of anilines is 1. The molecule has 2 rings (SSSR count). The van der Waals surface area contributed by atoms with E-state index in [1.165, 1.54) is 38.5 Å². The molecule has 0 aliphatic rings. The predicted molar refractivity (Wildman–Crippen MR) is 89.9 cm³/mol. The molecule has 140 valence electrons. The van der Waals surface area contributed by atoms with E-state index in [0.29, 0.717) is 22.7 Å². The molecular weight excluding hydrogens is 351 g/mol. The summed E-state index contributed by atoms with van der Waals surface area (Å²) in [6, 6.07) is 10.8. The highest BCUT2D eigenvalue weighted by Gasteiger charge is 2.28. The number of hydrogen-bond donors (Lipinski definition) is 1. The molecule has 0 radical (unpaired) electrons. The zero-order chi connectivity index (χ0) is 19.2. The van der Waals surface area contributed by atoms with E-state index in [0.717, 1.165) is 0 Å². The van der Waals surface area contributed by atoms with Crippen LogP contribution in [0.5, 0.6) is 17.2 Å². The lowest BCUT2D eigenvalue weighted by Crippen LogP contribution is -2.19. The smallest absolute Gasteiger partial charge is 0.422 e. The Morgan fingerprint density at radius 2 is 1.65 bits per heavy atom. The number of methoxy groups -OCH3 is 2. The van der Waals surface area contributed by atoms with Crippen molar-refractivity contribution in [2.24, 2.45) is 0 Å². The first-order chi connectivity index (χ1) is 12.3. The molecule has 26 heavy (non-hydrogen) atoms. The quantitative estimate of drug-likeness (QED) is 0.806. The fourth-order valence-corrected chi connectivity index (χ4v) is 2.20. The highest BCUT2D eigenvalue weighted by atomic mass is 19.4. The number of amides is 1. The number of ether oxygens (including phenoxy) is 3. The van der Waals surface area contributed by atoms with Gasteiger partial charge in [-0.05, 0) is 42.5 Å². The zero-order valence-corrected chi connectivity index (χ0v) is 14.2. The molecule has 1 amide bonds. The topological polar surface area (TPSA) is 56.8 Å². The third kappa shape index (κ3) is 5.87. The van der Waals surface area contributed by atoms with Crippen LogP contribution in [0.1, 0.15) is 5.56 Å². The molecule has 0 aliphatic carbocycles. The predicted octanol–water partition coefficient (Wildman–Crippen LogP) is 3.83. The summed E-state index contributed by atoms with van der Waals surface area (Å²) in [7, 11) is 3.02. The first-order valence-corrected chi connectivity index (χ1v) is 7.61. The summed E-state index contributed by atoms with van der Waals surface area (Å²) in [6.07, 6.45) is -4.35. The largest absolute Gasteiger partial charge is 0.497 e. The molecule has 8 heteroatoms. The van der Waals surface area contributed by atoms with Crippen LogP contribution < -0.4 is 19.5 Å². The minimum Gasteiger partial charge on any atom is -0.497 e. The fourth-order valence-electron chi connectivity index (χ4n) is 2.20. The second kappa shape index (κ2) is 8.46. The number of alkyl halides is 3. The van der Waals surface area contributed by atoms with E-state index in [1.54, 1.807) is 18.2 Å². The molecule has 0 heterocycles. The molecule has 1 N–H and O–H groups in total. The van der Waals surface area contributed by atoms with E-state index in [-0.39, 0.29) is 18.1 Å². The lowest BCUT2D eigenvalue weighted by atomic mass is 10.1. The van der Waals surface area contributed by atoms with Crippen molar-refractivity contribution in [1.29, 1.82) is 0 Å².